The van der Waals surface area contributed by atoms with E-state index in [0.29, 0.717) is 28.9 Å². The molecule has 2 heterocycles. The molecule has 1 aromatic carbocycles. The summed E-state index contributed by atoms with van der Waals surface area (Å²) in [5.41, 5.74) is 0.359. The zero-order valence-corrected chi connectivity index (χ0v) is 17.5. The van der Waals surface area contributed by atoms with Gasteiger partial charge in [0.2, 0.25) is 0 Å². The van der Waals surface area contributed by atoms with E-state index in [1.165, 1.54) is 25.4 Å². The molecule has 1 aliphatic heterocycles. The maximum Gasteiger partial charge on any atom is 0.262 e. The summed E-state index contributed by atoms with van der Waals surface area (Å²) in [7, 11) is -2.26. The average molecular weight is 426 g/mol. The van der Waals surface area contributed by atoms with Crippen LogP contribution in [-0.2, 0) is 14.8 Å². The summed E-state index contributed by atoms with van der Waals surface area (Å²) in [5, 5.41) is 0.361. The van der Waals surface area contributed by atoms with Gasteiger partial charge < -0.3 is 14.4 Å². The lowest BCUT2D eigenvalue weighted by atomic mass is 10.1. The predicted molar refractivity (Wildman–Crippen MR) is 110 cm³/mol. The van der Waals surface area contributed by atoms with E-state index in [4.69, 9.17) is 21.1 Å². The van der Waals surface area contributed by atoms with Crippen LogP contribution in [-0.4, -0.2) is 46.3 Å². The predicted octanol–water partition coefficient (Wildman–Crippen LogP) is 3.55. The number of halogens is 1. The van der Waals surface area contributed by atoms with Gasteiger partial charge in [-0.05, 0) is 50.1 Å². The van der Waals surface area contributed by atoms with Crippen molar-refractivity contribution in [2.24, 2.45) is 0 Å². The first-order valence-corrected chi connectivity index (χ1v) is 11.0. The molecule has 1 saturated heterocycles. The van der Waals surface area contributed by atoms with Crippen molar-refractivity contribution in [2.45, 2.75) is 30.8 Å². The monoisotopic (exact) mass is 425 g/mol. The Morgan fingerprint density at radius 2 is 1.93 bits per heavy atom. The van der Waals surface area contributed by atoms with Crippen molar-refractivity contribution in [2.75, 3.05) is 36.4 Å². The number of nitrogens with zero attached hydrogens (tertiary/aromatic N) is 2. The van der Waals surface area contributed by atoms with Crippen molar-refractivity contribution < 1.29 is 17.9 Å². The minimum Gasteiger partial charge on any atom is -0.497 e. The lowest BCUT2D eigenvalue weighted by molar-refractivity contribution is 0.0458. The van der Waals surface area contributed by atoms with Crippen molar-refractivity contribution in [1.82, 2.24) is 4.98 Å². The number of aromatic nitrogens is 1. The third-order valence-electron chi connectivity index (χ3n) is 4.59. The third-order valence-corrected chi connectivity index (χ3v) is 6.18. The van der Waals surface area contributed by atoms with E-state index in [1.54, 1.807) is 18.2 Å². The van der Waals surface area contributed by atoms with Crippen LogP contribution in [0.2, 0.25) is 5.02 Å². The van der Waals surface area contributed by atoms with Gasteiger partial charge in [0.1, 0.15) is 5.75 Å². The molecule has 2 aromatic rings. The molecule has 3 rings (SSSR count). The maximum atomic E-state index is 12.8. The molecular formula is C19H24ClN3O4S. The molecule has 0 radical (unpaired) electrons. The zero-order valence-electron chi connectivity index (χ0n) is 15.9. The molecule has 152 valence electrons. The highest BCUT2D eigenvalue weighted by atomic mass is 35.5. The number of benzene rings is 1. The van der Waals surface area contributed by atoms with Crippen LogP contribution in [0.15, 0.2) is 41.4 Å². The molecule has 1 aromatic heterocycles. The maximum absolute atomic E-state index is 12.8. The zero-order chi connectivity index (χ0) is 20.1. The first kappa shape index (κ1) is 20.7. The number of nitrogens with one attached hydrogen (secondary N) is 1. The first-order chi connectivity index (χ1) is 13.4. The van der Waals surface area contributed by atoms with Crippen molar-refractivity contribution in [3.8, 4) is 5.75 Å². The molecule has 0 atom stereocenters. The summed E-state index contributed by atoms with van der Waals surface area (Å²) in [5.74, 6) is 1.15. The van der Waals surface area contributed by atoms with Gasteiger partial charge in [-0.3, -0.25) is 4.72 Å². The van der Waals surface area contributed by atoms with E-state index in [1.807, 2.05) is 6.92 Å². The number of piperidine rings is 1. The van der Waals surface area contributed by atoms with Crippen LogP contribution in [0.25, 0.3) is 0 Å². The number of pyridine rings is 1. The van der Waals surface area contributed by atoms with Gasteiger partial charge >= 0.3 is 0 Å². The van der Waals surface area contributed by atoms with Crippen LogP contribution in [0, 0.1) is 0 Å². The smallest absolute Gasteiger partial charge is 0.262 e. The highest BCUT2D eigenvalue weighted by molar-refractivity contribution is 7.92. The molecule has 1 fully saturated rings. The Morgan fingerprint density at radius 3 is 2.54 bits per heavy atom. The fourth-order valence-corrected chi connectivity index (χ4v) is 4.40. The summed E-state index contributed by atoms with van der Waals surface area (Å²) < 4.78 is 39.0. The number of methoxy groups -OCH3 is 1. The van der Waals surface area contributed by atoms with Gasteiger partial charge in [0.05, 0.1) is 28.8 Å². The second-order valence-corrected chi connectivity index (χ2v) is 8.57. The topological polar surface area (TPSA) is 80.8 Å². The van der Waals surface area contributed by atoms with E-state index in [2.05, 4.69) is 14.6 Å². The Hall–Kier alpha value is -2.03. The Bertz CT molecular complexity index is 898. The second-order valence-electron chi connectivity index (χ2n) is 6.45. The molecule has 0 amide bonds. The van der Waals surface area contributed by atoms with Crippen LogP contribution >= 0.6 is 11.6 Å². The van der Waals surface area contributed by atoms with Crippen LogP contribution in [0.1, 0.15) is 19.8 Å². The normalized spacial score (nSPS) is 15.5. The van der Waals surface area contributed by atoms with Crippen LogP contribution < -0.4 is 14.4 Å². The fraction of sp³-hybridized carbons (Fsp3) is 0.421. The highest BCUT2D eigenvalue weighted by Gasteiger charge is 2.24. The number of anilines is 2. The third kappa shape index (κ3) is 4.87. The van der Waals surface area contributed by atoms with Crippen LogP contribution in [0.4, 0.5) is 11.5 Å². The molecule has 28 heavy (non-hydrogen) atoms. The number of rotatable bonds is 7. The number of ether oxygens (including phenoxy) is 2. The van der Waals surface area contributed by atoms with Gasteiger partial charge in [-0.15, -0.1) is 0 Å². The number of hydrogen-bond acceptors (Lipinski definition) is 6. The van der Waals surface area contributed by atoms with E-state index >= 15 is 0 Å². The molecule has 0 saturated carbocycles. The number of sulfonamides is 1. The van der Waals surface area contributed by atoms with Crippen molar-refractivity contribution in [3.63, 3.8) is 0 Å². The van der Waals surface area contributed by atoms with E-state index in [9.17, 15) is 8.42 Å². The molecule has 0 aliphatic carbocycles. The lowest BCUT2D eigenvalue weighted by Crippen LogP contribution is -2.38. The SMILES string of the molecule is CCOC1CCN(c2ncc(Cl)cc2NS(=O)(=O)c2ccc(OC)cc2)CC1. The van der Waals surface area contributed by atoms with Gasteiger partial charge in [0.15, 0.2) is 5.82 Å². The molecule has 0 bridgehead atoms. The summed E-state index contributed by atoms with van der Waals surface area (Å²) >= 11 is 6.08. The van der Waals surface area contributed by atoms with Gasteiger partial charge in [-0.2, -0.15) is 0 Å². The van der Waals surface area contributed by atoms with Gasteiger partial charge in [-0.1, -0.05) is 11.6 Å². The fourth-order valence-electron chi connectivity index (χ4n) is 3.19. The Kier molecular flexibility index (Phi) is 6.64. The van der Waals surface area contributed by atoms with Crippen LogP contribution in [0.3, 0.4) is 0 Å². The largest absolute Gasteiger partial charge is 0.497 e. The minimum atomic E-state index is -3.79. The lowest BCUT2D eigenvalue weighted by Gasteiger charge is -2.33. The van der Waals surface area contributed by atoms with Crippen molar-refractivity contribution in [1.29, 1.82) is 0 Å². The molecule has 7 nitrogen and oxygen atoms in total. The van der Waals surface area contributed by atoms with E-state index in [-0.39, 0.29) is 11.0 Å². The number of hydrogen-bond donors (Lipinski definition) is 1. The Balaban J connectivity index is 1.82. The molecule has 1 aliphatic rings. The minimum absolute atomic E-state index is 0.134. The van der Waals surface area contributed by atoms with E-state index < -0.39 is 10.0 Å². The Labute approximate surface area is 170 Å². The summed E-state index contributed by atoms with van der Waals surface area (Å²) in [6, 6.07) is 7.77. The van der Waals surface area contributed by atoms with Crippen molar-refractivity contribution in [3.05, 3.63) is 41.6 Å². The van der Waals surface area contributed by atoms with Gasteiger partial charge in [-0.25, -0.2) is 13.4 Å². The second kappa shape index (κ2) is 8.98. The van der Waals surface area contributed by atoms with Gasteiger partial charge in [0, 0.05) is 25.9 Å². The molecule has 0 spiro atoms. The van der Waals surface area contributed by atoms with Crippen LogP contribution in [0.5, 0.6) is 5.75 Å². The summed E-state index contributed by atoms with van der Waals surface area (Å²) in [6.07, 6.45) is 3.48. The molecule has 9 heteroatoms. The Morgan fingerprint density at radius 1 is 1.25 bits per heavy atom. The standard InChI is InChI=1S/C19H24ClN3O4S/c1-3-27-16-8-10-23(11-9-16)19-18(12-14(20)13-21-19)22-28(24,25)17-6-4-15(26-2)5-7-17/h4-7,12-13,16,22H,3,8-11H2,1-2H3. The van der Waals surface area contributed by atoms with Gasteiger partial charge in [0.25, 0.3) is 10.0 Å². The quantitative estimate of drug-likeness (QED) is 0.730. The average Bonchev–Trinajstić information content (AvgIpc) is 2.69. The van der Waals surface area contributed by atoms with Crippen molar-refractivity contribution >= 4 is 33.1 Å². The highest BCUT2D eigenvalue weighted by Crippen LogP contribution is 2.31. The molecule has 1 N–H and O–H groups in total. The van der Waals surface area contributed by atoms with E-state index in [0.717, 1.165) is 25.9 Å². The summed E-state index contributed by atoms with van der Waals surface area (Å²) in [4.78, 5) is 6.57. The molecule has 0 unspecified atom stereocenters. The summed E-state index contributed by atoms with van der Waals surface area (Å²) in [6.45, 7) is 4.14. The molecular weight excluding hydrogens is 402 g/mol. The first-order valence-electron chi connectivity index (χ1n) is 9.12.